The molecule has 2 unspecified atom stereocenters. The summed E-state index contributed by atoms with van der Waals surface area (Å²) in [6, 6.07) is 11.8. The maximum Gasteiger partial charge on any atom is 0.0450 e. The predicted molar refractivity (Wildman–Crippen MR) is 86.1 cm³/mol. The molecule has 0 bridgehead atoms. The van der Waals surface area contributed by atoms with E-state index in [0.717, 1.165) is 19.6 Å². The molecule has 2 nitrogen and oxygen atoms in total. The molecule has 3 rings (SSSR count). The lowest BCUT2D eigenvalue weighted by Gasteiger charge is -2.39. The summed E-state index contributed by atoms with van der Waals surface area (Å²) in [7, 11) is 0. The highest BCUT2D eigenvalue weighted by Crippen LogP contribution is 2.23. The molecule has 1 aromatic heterocycles. The van der Waals surface area contributed by atoms with Crippen molar-refractivity contribution in [2.75, 3.05) is 13.1 Å². The molecule has 2 aromatic rings. The van der Waals surface area contributed by atoms with Crippen LogP contribution in [-0.4, -0.2) is 24.0 Å². The van der Waals surface area contributed by atoms with E-state index in [0.29, 0.717) is 12.1 Å². The fourth-order valence-electron chi connectivity index (χ4n) is 2.82. The Hall–Kier alpha value is -1.16. The first-order valence-electron chi connectivity index (χ1n) is 7.28. The zero-order chi connectivity index (χ0) is 13.9. The Bertz CT molecular complexity index is 549. The minimum Gasteiger partial charge on any atom is -0.307 e. The van der Waals surface area contributed by atoms with Gasteiger partial charge in [0.25, 0.3) is 0 Å². The molecule has 3 heteroatoms. The van der Waals surface area contributed by atoms with Crippen molar-refractivity contribution in [1.29, 1.82) is 0 Å². The van der Waals surface area contributed by atoms with Crippen molar-refractivity contribution in [2.45, 2.75) is 32.5 Å². The van der Waals surface area contributed by atoms with Gasteiger partial charge in [-0.25, -0.2) is 0 Å². The molecule has 0 saturated carbocycles. The number of thiophene rings is 1. The van der Waals surface area contributed by atoms with E-state index < -0.39 is 0 Å². The minimum absolute atomic E-state index is 0.450. The number of benzene rings is 1. The summed E-state index contributed by atoms with van der Waals surface area (Å²) in [5.74, 6) is 0. The highest BCUT2D eigenvalue weighted by atomic mass is 32.1. The van der Waals surface area contributed by atoms with E-state index in [1.54, 1.807) is 0 Å². The lowest BCUT2D eigenvalue weighted by molar-refractivity contribution is 0.133. The standard InChI is InChI=1S/C17H22N2S/c1-13-11-20-12-16(13)9-19-10-17(18-8-14(19)2)15-6-4-3-5-7-15/h3-7,11-12,14,17-18H,8-10H2,1-2H3. The summed E-state index contributed by atoms with van der Waals surface area (Å²) >= 11 is 1.81. The van der Waals surface area contributed by atoms with Crippen LogP contribution in [0, 0.1) is 6.92 Å². The van der Waals surface area contributed by atoms with Crippen LogP contribution in [0.5, 0.6) is 0 Å². The van der Waals surface area contributed by atoms with E-state index >= 15 is 0 Å². The number of rotatable bonds is 3. The van der Waals surface area contributed by atoms with Crippen molar-refractivity contribution in [1.82, 2.24) is 10.2 Å². The molecule has 1 N–H and O–H groups in total. The lowest BCUT2D eigenvalue weighted by Crippen LogP contribution is -2.50. The van der Waals surface area contributed by atoms with Gasteiger partial charge in [-0.2, -0.15) is 11.3 Å². The van der Waals surface area contributed by atoms with Gasteiger partial charge in [-0.15, -0.1) is 0 Å². The van der Waals surface area contributed by atoms with Crippen LogP contribution in [0.25, 0.3) is 0 Å². The molecule has 2 heterocycles. The summed E-state index contributed by atoms with van der Waals surface area (Å²) in [6.45, 7) is 7.74. The molecule has 1 aliphatic heterocycles. The normalized spacial score (nSPS) is 23.9. The van der Waals surface area contributed by atoms with Crippen LogP contribution in [0.15, 0.2) is 41.1 Å². The average Bonchev–Trinajstić information content (AvgIpc) is 2.88. The predicted octanol–water partition coefficient (Wildman–Crippen LogP) is 3.59. The van der Waals surface area contributed by atoms with Crippen molar-refractivity contribution < 1.29 is 0 Å². The van der Waals surface area contributed by atoms with Gasteiger partial charge >= 0.3 is 0 Å². The van der Waals surface area contributed by atoms with Gasteiger partial charge in [0.1, 0.15) is 0 Å². The van der Waals surface area contributed by atoms with E-state index in [4.69, 9.17) is 0 Å². The van der Waals surface area contributed by atoms with E-state index in [2.05, 4.69) is 65.2 Å². The molecular formula is C17H22N2S. The van der Waals surface area contributed by atoms with Crippen LogP contribution in [0.2, 0.25) is 0 Å². The molecule has 106 valence electrons. The molecule has 0 radical (unpaired) electrons. The Balaban J connectivity index is 1.72. The molecule has 20 heavy (non-hydrogen) atoms. The van der Waals surface area contributed by atoms with Crippen LogP contribution in [0.3, 0.4) is 0 Å². The van der Waals surface area contributed by atoms with E-state index in [1.807, 2.05) is 11.3 Å². The number of piperazine rings is 1. The van der Waals surface area contributed by atoms with Crippen LogP contribution in [0.4, 0.5) is 0 Å². The average molecular weight is 286 g/mol. The van der Waals surface area contributed by atoms with Crippen molar-refractivity contribution >= 4 is 11.3 Å². The van der Waals surface area contributed by atoms with Gasteiger partial charge in [-0.05, 0) is 41.3 Å². The summed E-state index contributed by atoms with van der Waals surface area (Å²) in [5.41, 5.74) is 4.30. The van der Waals surface area contributed by atoms with Crippen molar-refractivity contribution in [3.63, 3.8) is 0 Å². The Morgan fingerprint density at radius 1 is 1.25 bits per heavy atom. The molecule has 1 saturated heterocycles. The van der Waals surface area contributed by atoms with E-state index in [-0.39, 0.29) is 0 Å². The molecule has 0 aliphatic carbocycles. The number of hydrogen-bond acceptors (Lipinski definition) is 3. The number of hydrogen-bond donors (Lipinski definition) is 1. The molecule has 2 atom stereocenters. The maximum atomic E-state index is 3.67. The van der Waals surface area contributed by atoms with Gasteiger partial charge in [0.2, 0.25) is 0 Å². The van der Waals surface area contributed by atoms with Crippen molar-refractivity contribution in [3.05, 3.63) is 57.8 Å². The van der Waals surface area contributed by atoms with Gasteiger partial charge in [0.15, 0.2) is 0 Å². The van der Waals surface area contributed by atoms with E-state index in [9.17, 15) is 0 Å². The summed E-state index contributed by atoms with van der Waals surface area (Å²) < 4.78 is 0. The van der Waals surface area contributed by atoms with Crippen LogP contribution >= 0.6 is 11.3 Å². The molecule has 0 amide bonds. The van der Waals surface area contributed by atoms with Gasteiger partial charge in [-0.1, -0.05) is 30.3 Å². The Morgan fingerprint density at radius 3 is 2.75 bits per heavy atom. The Labute approximate surface area is 125 Å². The fourth-order valence-corrected chi connectivity index (χ4v) is 3.67. The first kappa shape index (κ1) is 13.8. The molecular weight excluding hydrogens is 264 g/mol. The van der Waals surface area contributed by atoms with Crippen LogP contribution < -0.4 is 5.32 Å². The highest BCUT2D eigenvalue weighted by molar-refractivity contribution is 7.08. The third-order valence-corrected chi connectivity index (χ3v) is 5.15. The van der Waals surface area contributed by atoms with Gasteiger partial charge in [0, 0.05) is 31.7 Å². The first-order chi connectivity index (χ1) is 9.74. The second-order valence-corrected chi connectivity index (χ2v) is 6.47. The third kappa shape index (κ3) is 2.95. The number of aryl methyl sites for hydroxylation is 1. The van der Waals surface area contributed by atoms with Gasteiger partial charge in [0.05, 0.1) is 0 Å². The smallest absolute Gasteiger partial charge is 0.0450 e. The number of nitrogens with one attached hydrogen (secondary N) is 1. The van der Waals surface area contributed by atoms with Crippen molar-refractivity contribution in [2.24, 2.45) is 0 Å². The fraction of sp³-hybridized carbons (Fsp3) is 0.412. The molecule has 0 spiro atoms. The Morgan fingerprint density at radius 2 is 2.05 bits per heavy atom. The minimum atomic E-state index is 0.450. The molecule has 1 aromatic carbocycles. The second kappa shape index (κ2) is 6.08. The monoisotopic (exact) mass is 286 g/mol. The largest absolute Gasteiger partial charge is 0.307 e. The summed E-state index contributed by atoms with van der Waals surface area (Å²) in [6.07, 6.45) is 0. The van der Waals surface area contributed by atoms with Crippen LogP contribution in [0.1, 0.15) is 29.7 Å². The summed E-state index contributed by atoms with van der Waals surface area (Å²) in [4.78, 5) is 2.60. The van der Waals surface area contributed by atoms with Crippen LogP contribution in [-0.2, 0) is 6.54 Å². The maximum absolute atomic E-state index is 3.67. The zero-order valence-electron chi connectivity index (χ0n) is 12.2. The lowest BCUT2D eigenvalue weighted by atomic mass is 10.0. The molecule has 1 fully saturated rings. The third-order valence-electron chi connectivity index (χ3n) is 4.24. The van der Waals surface area contributed by atoms with E-state index in [1.165, 1.54) is 16.7 Å². The van der Waals surface area contributed by atoms with Crippen molar-refractivity contribution in [3.8, 4) is 0 Å². The van der Waals surface area contributed by atoms with Gasteiger partial charge < -0.3 is 5.32 Å². The first-order valence-corrected chi connectivity index (χ1v) is 8.22. The quantitative estimate of drug-likeness (QED) is 0.927. The SMILES string of the molecule is Cc1cscc1CN1CC(c2ccccc2)NCC1C. The van der Waals surface area contributed by atoms with Gasteiger partial charge in [-0.3, -0.25) is 4.90 Å². The molecule has 1 aliphatic rings. The topological polar surface area (TPSA) is 15.3 Å². The second-order valence-electron chi connectivity index (χ2n) is 5.73. The Kier molecular flexibility index (Phi) is 4.20. The highest BCUT2D eigenvalue weighted by Gasteiger charge is 2.26. The zero-order valence-corrected chi connectivity index (χ0v) is 13.0. The number of nitrogens with zero attached hydrogens (tertiary/aromatic N) is 1. The summed E-state index contributed by atoms with van der Waals surface area (Å²) in [5, 5.41) is 8.21.